The topological polar surface area (TPSA) is 63.6 Å². The van der Waals surface area contributed by atoms with Crippen molar-refractivity contribution in [3.8, 4) is 5.75 Å². The van der Waals surface area contributed by atoms with Gasteiger partial charge in [-0.1, -0.05) is 96.6 Å². The van der Waals surface area contributed by atoms with E-state index in [9.17, 15) is 14.5 Å². The van der Waals surface area contributed by atoms with Crippen LogP contribution in [0.2, 0.25) is 0 Å². The normalized spacial score (nSPS) is 15.2. The fourth-order valence-corrected chi connectivity index (χ4v) is 7.59. The predicted octanol–water partition coefficient (Wildman–Crippen LogP) is 8.41. The molecule has 0 amide bonds. The second-order valence-corrected chi connectivity index (χ2v) is 11.6. The minimum Gasteiger partial charge on any atom is -0.507 e. The minimum atomic E-state index is -3.23. The molecule has 0 saturated carbocycles. The van der Waals surface area contributed by atoms with Gasteiger partial charge in [0, 0.05) is 12.3 Å². The lowest BCUT2D eigenvalue weighted by Gasteiger charge is -2.27. The molecule has 0 saturated heterocycles. The van der Waals surface area contributed by atoms with Crippen LogP contribution >= 0.6 is 7.37 Å². The third-order valence-corrected chi connectivity index (χ3v) is 9.16. The lowest BCUT2D eigenvalue weighted by molar-refractivity contribution is 0.0737. The predicted molar refractivity (Wildman–Crippen MR) is 135 cm³/mol. The van der Waals surface area contributed by atoms with Gasteiger partial charge in [-0.25, -0.2) is 4.79 Å². The highest BCUT2D eigenvalue weighted by Gasteiger charge is 2.34. The molecular formula is C27H41O4P. The Morgan fingerprint density at radius 3 is 2.00 bits per heavy atom. The van der Waals surface area contributed by atoms with Gasteiger partial charge in [0.2, 0.25) is 0 Å². The van der Waals surface area contributed by atoms with E-state index in [4.69, 9.17) is 4.52 Å². The van der Waals surface area contributed by atoms with Gasteiger partial charge in [-0.3, -0.25) is 4.57 Å². The smallest absolute Gasteiger partial charge is 0.347 e. The zero-order valence-electron chi connectivity index (χ0n) is 20.3. The van der Waals surface area contributed by atoms with Crippen molar-refractivity contribution < 1.29 is 19.0 Å². The molecule has 4 nitrogen and oxygen atoms in total. The zero-order valence-corrected chi connectivity index (χ0v) is 21.2. The number of hydrogen-bond acceptors (Lipinski definition) is 4. The number of fused-ring (bicyclic) bond motifs is 1. The fourth-order valence-electron chi connectivity index (χ4n) is 4.44. The highest BCUT2D eigenvalue weighted by molar-refractivity contribution is 7.59. The van der Waals surface area contributed by atoms with Crippen molar-refractivity contribution in [2.24, 2.45) is 11.8 Å². The number of aromatic hydroxyl groups is 1. The maximum Gasteiger partial charge on any atom is 0.347 e. The Balaban J connectivity index is 2.35. The van der Waals surface area contributed by atoms with E-state index in [0.29, 0.717) is 17.7 Å². The van der Waals surface area contributed by atoms with E-state index in [1.54, 1.807) is 12.1 Å². The maximum absolute atomic E-state index is 14.2. The Hall–Kier alpha value is -1.80. The van der Waals surface area contributed by atoms with E-state index < -0.39 is 13.3 Å². The first-order chi connectivity index (χ1) is 15.4. The van der Waals surface area contributed by atoms with Crippen LogP contribution in [-0.4, -0.2) is 23.4 Å². The lowest BCUT2D eigenvalue weighted by atomic mass is 10.0. The van der Waals surface area contributed by atoms with Crippen LogP contribution in [-0.2, 0) is 9.09 Å². The SMILES string of the molecule is CCCCC(CC)CP(=O)(CC(CC)CCCC)OC(=O)c1c(O)ccc2ccccc12. The first kappa shape index (κ1) is 26.5. The second kappa shape index (κ2) is 13.0. The molecule has 0 radical (unpaired) electrons. The fraction of sp³-hybridized carbons (Fsp3) is 0.593. The van der Waals surface area contributed by atoms with Gasteiger partial charge in [-0.2, -0.15) is 0 Å². The molecule has 0 bridgehead atoms. The number of phenolic OH excluding ortho intramolecular Hbond substituents is 1. The van der Waals surface area contributed by atoms with Crippen molar-refractivity contribution >= 4 is 24.1 Å². The summed E-state index contributed by atoms with van der Waals surface area (Å²) in [5, 5.41) is 11.9. The first-order valence-electron chi connectivity index (χ1n) is 12.4. The lowest BCUT2D eigenvalue weighted by Crippen LogP contribution is -2.17. The number of phenols is 1. The van der Waals surface area contributed by atoms with E-state index in [1.807, 2.05) is 18.2 Å². The summed E-state index contributed by atoms with van der Waals surface area (Å²) in [6.07, 6.45) is 9.08. The summed E-state index contributed by atoms with van der Waals surface area (Å²) in [4.78, 5) is 13.3. The highest BCUT2D eigenvalue weighted by atomic mass is 31.2. The van der Waals surface area contributed by atoms with Crippen LogP contribution in [0.25, 0.3) is 10.8 Å². The van der Waals surface area contributed by atoms with Gasteiger partial charge in [0.15, 0.2) is 0 Å². The highest BCUT2D eigenvalue weighted by Crippen LogP contribution is 2.53. The van der Waals surface area contributed by atoms with E-state index in [2.05, 4.69) is 27.7 Å². The molecule has 0 heterocycles. The molecule has 178 valence electrons. The van der Waals surface area contributed by atoms with Crippen LogP contribution in [0.5, 0.6) is 5.75 Å². The van der Waals surface area contributed by atoms with Crippen LogP contribution in [0.1, 0.15) is 89.4 Å². The molecule has 2 unspecified atom stereocenters. The van der Waals surface area contributed by atoms with Gasteiger partial charge in [-0.05, 0) is 41.5 Å². The molecule has 2 rings (SSSR count). The summed E-state index contributed by atoms with van der Waals surface area (Å²) < 4.78 is 20.1. The summed E-state index contributed by atoms with van der Waals surface area (Å²) in [7, 11) is -3.23. The number of unbranched alkanes of at least 4 members (excludes halogenated alkanes) is 2. The Labute approximate surface area is 194 Å². The van der Waals surface area contributed by atoms with Gasteiger partial charge in [0.25, 0.3) is 7.37 Å². The molecule has 0 aliphatic carbocycles. The average Bonchev–Trinajstić information content (AvgIpc) is 2.79. The molecule has 5 heteroatoms. The van der Waals surface area contributed by atoms with E-state index in [1.165, 1.54) is 6.07 Å². The molecular weight excluding hydrogens is 419 g/mol. The summed E-state index contributed by atoms with van der Waals surface area (Å²) in [5.74, 6) is -0.244. The largest absolute Gasteiger partial charge is 0.507 e. The van der Waals surface area contributed by atoms with Crippen molar-refractivity contribution in [1.29, 1.82) is 0 Å². The second-order valence-electron chi connectivity index (χ2n) is 9.07. The Morgan fingerprint density at radius 1 is 0.906 bits per heavy atom. The molecule has 0 aliphatic rings. The Bertz CT molecular complexity index is 886. The van der Waals surface area contributed by atoms with Crippen LogP contribution in [0.4, 0.5) is 0 Å². The van der Waals surface area contributed by atoms with Crippen molar-refractivity contribution in [2.45, 2.75) is 79.1 Å². The van der Waals surface area contributed by atoms with E-state index in [0.717, 1.165) is 56.8 Å². The molecule has 0 aromatic heterocycles. The molecule has 0 spiro atoms. The van der Waals surface area contributed by atoms with E-state index >= 15 is 0 Å². The molecule has 2 atom stereocenters. The number of carbonyl (C=O) groups excluding carboxylic acids is 1. The Morgan fingerprint density at radius 2 is 1.47 bits per heavy atom. The summed E-state index contributed by atoms with van der Waals surface area (Å²) >= 11 is 0. The van der Waals surface area contributed by atoms with Gasteiger partial charge in [0.1, 0.15) is 11.3 Å². The van der Waals surface area contributed by atoms with Crippen LogP contribution in [0.3, 0.4) is 0 Å². The maximum atomic E-state index is 14.2. The van der Waals surface area contributed by atoms with Crippen LogP contribution in [0, 0.1) is 11.8 Å². The standard InChI is InChI=1S/C27H41O4P/c1-5-9-13-21(7-3)19-32(30,20-22(8-4)14-10-6-2)31-27(29)26-24-16-12-11-15-23(24)17-18-25(26)28/h11-12,15-18,21-22,28H,5-10,13-14,19-20H2,1-4H3. The van der Waals surface area contributed by atoms with Gasteiger partial charge >= 0.3 is 5.97 Å². The Kier molecular flexibility index (Phi) is 10.8. The summed E-state index contributed by atoms with van der Waals surface area (Å²) in [6.45, 7) is 8.57. The van der Waals surface area contributed by atoms with Gasteiger partial charge in [0.05, 0.1) is 0 Å². The third kappa shape index (κ3) is 7.37. The van der Waals surface area contributed by atoms with Crippen LogP contribution < -0.4 is 0 Å². The third-order valence-electron chi connectivity index (χ3n) is 6.52. The van der Waals surface area contributed by atoms with E-state index in [-0.39, 0.29) is 23.1 Å². The van der Waals surface area contributed by atoms with Crippen molar-refractivity contribution in [3.63, 3.8) is 0 Å². The molecule has 1 N–H and O–H groups in total. The molecule has 2 aromatic carbocycles. The monoisotopic (exact) mass is 460 g/mol. The number of hydrogen-bond donors (Lipinski definition) is 1. The van der Waals surface area contributed by atoms with Crippen molar-refractivity contribution in [1.82, 2.24) is 0 Å². The molecule has 32 heavy (non-hydrogen) atoms. The van der Waals surface area contributed by atoms with Gasteiger partial charge in [-0.15, -0.1) is 0 Å². The minimum absolute atomic E-state index is 0.117. The van der Waals surface area contributed by atoms with Crippen LogP contribution in [0.15, 0.2) is 36.4 Å². The number of carbonyl (C=O) groups is 1. The van der Waals surface area contributed by atoms with Gasteiger partial charge < -0.3 is 9.63 Å². The molecule has 0 aliphatic heterocycles. The summed E-state index contributed by atoms with van der Waals surface area (Å²) in [6, 6.07) is 10.7. The molecule has 2 aromatic rings. The first-order valence-corrected chi connectivity index (χ1v) is 14.4. The average molecular weight is 461 g/mol. The van der Waals surface area contributed by atoms with Crippen molar-refractivity contribution in [3.05, 3.63) is 42.0 Å². The number of rotatable bonds is 14. The zero-order chi connectivity index (χ0) is 23.6. The van der Waals surface area contributed by atoms with Crippen molar-refractivity contribution in [2.75, 3.05) is 12.3 Å². The summed E-state index contributed by atoms with van der Waals surface area (Å²) in [5.41, 5.74) is 0.117. The molecule has 0 fully saturated rings. The quantitative estimate of drug-likeness (QED) is 0.287. The number of benzene rings is 2.